The summed E-state index contributed by atoms with van der Waals surface area (Å²) in [6, 6.07) is 0.377. The Labute approximate surface area is 111 Å². The van der Waals surface area contributed by atoms with E-state index in [1.807, 2.05) is 0 Å². The molecule has 1 atom stereocenters. The summed E-state index contributed by atoms with van der Waals surface area (Å²) < 4.78 is 27.7. The van der Waals surface area contributed by atoms with Gasteiger partial charge in [0, 0.05) is 18.8 Å². The van der Waals surface area contributed by atoms with Gasteiger partial charge in [-0.2, -0.15) is 0 Å². The molecule has 0 saturated carbocycles. The molecule has 18 heavy (non-hydrogen) atoms. The van der Waals surface area contributed by atoms with Gasteiger partial charge in [0.1, 0.15) is 10.3 Å². The first kappa shape index (κ1) is 11.8. The quantitative estimate of drug-likeness (QED) is 0.854. The molecule has 3 rings (SSSR count). The Morgan fingerprint density at radius 1 is 1.50 bits per heavy atom. The molecule has 0 bridgehead atoms. The molecule has 1 aliphatic rings. The van der Waals surface area contributed by atoms with Gasteiger partial charge in [-0.25, -0.2) is 18.7 Å². The van der Waals surface area contributed by atoms with Gasteiger partial charge in [0.05, 0.1) is 6.20 Å². The number of anilines is 1. The molecule has 1 fully saturated rings. The van der Waals surface area contributed by atoms with Crippen molar-refractivity contribution in [2.45, 2.75) is 25.8 Å². The van der Waals surface area contributed by atoms with Gasteiger partial charge in [-0.1, -0.05) is 0 Å². The van der Waals surface area contributed by atoms with Crippen molar-refractivity contribution in [3.8, 4) is 0 Å². The number of alkyl halides is 2. The van der Waals surface area contributed by atoms with Crippen molar-refractivity contribution in [1.82, 2.24) is 14.4 Å². The second kappa shape index (κ2) is 4.15. The first-order chi connectivity index (χ1) is 8.58. The Hall–Kier alpha value is -1.24. The van der Waals surface area contributed by atoms with Gasteiger partial charge in [-0.15, -0.1) is 0 Å². The van der Waals surface area contributed by atoms with Crippen LogP contribution < -0.4 is 4.90 Å². The predicted molar refractivity (Wildman–Crippen MR) is 67.1 cm³/mol. The molecule has 1 aliphatic heterocycles. The fourth-order valence-corrected chi connectivity index (χ4v) is 2.52. The summed E-state index contributed by atoms with van der Waals surface area (Å²) in [6.45, 7) is 2.97. The van der Waals surface area contributed by atoms with Crippen molar-refractivity contribution in [3.05, 3.63) is 22.7 Å². The highest BCUT2D eigenvalue weighted by atomic mass is 79.9. The topological polar surface area (TPSA) is 33.4 Å². The van der Waals surface area contributed by atoms with Crippen molar-refractivity contribution in [2.75, 3.05) is 11.4 Å². The molecule has 0 unspecified atom stereocenters. The number of rotatable bonds is 2. The average molecular weight is 317 g/mol. The predicted octanol–water partition coefficient (Wildman–Crippen LogP) is 3.03. The third-order valence-electron chi connectivity index (χ3n) is 3.29. The normalized spacial score (nSPS) is 19.6. The van der Waals surface area contributed by atoms with Crippen LogP contribution in [0.4, 0.5) is 14.6 Å². The van der Waals surface area contributed by atoms with Gasteiger partial charge in [0.15, 0.2) is 11.5 Å². The summed E-state index contributed by atoms with van der Waals surface area (Å²) in [6.07, 6.45) is 1.28. The molecule has 0 amide bonds. The Kier molecular flexibility index (Phi) is 2.73. The van der Waals surface area contributed by atoms with E-state index in [0.29, 0.717) is 22.1 Å². The van der Waals surface area contributed by atoms with Crippen molar-refractivity contribution in [1.29, 1.82) is 0 Å². The Balaban J connectivity index is 2.19. The fourth-order valence-electron chi connectivity index (χ4n) is 2.15. The highest BCUT2D eigenvalue weighted by Gasteiger charge is 2.28. The van der Waals surface area contributed by atoms with Crippen molar-refractivity contribution in [2.24, 2.45) is 0 Å². The lowest BCUT2D eigenvalue weighted by Crippen LogP contribution is -2.46. The van der Waals surface area contributed by atoms with Crippen LogP contribution in [-0.4, -0.2) is 27.0 Å². The molecule has 7 heteroatoms. The number of halogens is 3. The maximum atomic E-state index is 12.9. The van der Waals surface area contributed by atoms with E-state index < -0.39 is 6.43 Å². The van der Waals surface area contributed by atoms with Crippen LogP contribution in [0.1, 0.15) is 25.5 Å². The van der Waals surface area contributed by atoms with E-state index in [-0.39, 0.29) is 5.69 Å². The Morgan fingerprint density at radius 3 is 2.83 bits per heavy atom. The monoisotopic (exact) mass is 316 g/mol. The van der Waals surface area contributed by atoms with E-state index in [0.717, 1.165) is 13.0 Å². The summed E-state index contributed by atoms with van der Waals surface area (Å²) in [5.41, 5.74) is 0.377. The minimum Gasteiger partial charge on any atom is -0.351 e. The van der Waals surface area contributed by atoms with Crippen LogP contribution in [0.25, 0.3) is 5.65 Å². The summed E-state index contributed by atoms with van der Waals surface area (Å²) >= 11 is 3.26. The Bertz CT molecular complexity index is 598. The van der Waals surface area contributed by atoms with Crippen LogP contribution in [0.3, 0.4) is 0 Å². The second-order valence-electron chi connectivity index (χ2n) is 4.40. The minimum absolute atomic E-state index is 0.109. The molecular weight excluding hydrogens is 306 g/mol. The first-order valence-corrected chi connectivity index (χ1v) is 6.45. The van der Waals surface area contributed by atoms with Gasteiger partial charge in [-0.05, 0) is 29.3 Å². The second-order valence-corrected chi connectivity index (χ2v) is 5.21. The van der Waals surface area contributed by atoms with E-state index in [2.05, 4.69) is 37.7 Å². The standard InChI is InChI=1S/C11H11BrF2N4/c1-6-2-3-17(6)11-10-15-4-7(9(13)14)18(10)5-8(12)16-11/h4-6,9H,2-3H2,1H3/t6-/m0/s1. The number of aromatic nitrogens is 3. The van der Waals surface area contributed by atoms with E-state index in [4.69, 9.17) is 0 Å². The molecule has 2 aromatic heterocycles. The molecule has 0 N–H and O–H groups in total. The number of imidazole rings is 1. The van der Waals surface area contributed by atoms with Crippen LogP contribution in [0, 0.1) is 0 Å². The molecule has 0 aliphatic carbocycles. The third-order valence-corrected chi connectivity index (χ3v) is 3.67. The number of hydrogen-bond acceptors (Lipinski definition) is 3. The molecule has 0 spiro atoms. The summed E-state index contributed by atoms with van der Waals surface area (Å²) in [5.74, 6) is 0.662. The van der Waals surface area contributed by atoms with Gasteiger partial charge in [0.25, 0.3) is 6.43 Å². The SMILES string of the molecule is C[C@H]1CCN1c1nc(Br)cn2c(C(F)F)cnc12. The van der Waals surface area contributed by atoms with Crippen LogP contribution in [0.5, 0.6) is 0 Å². The zero-order valence-corrected chi connectivity index (χ0v) is 11.2. The van der Waals surface area contributed by atoms with E-state index in [1.54, 1.807) is 0 Å². The molecular formula is C11H11BrF2N4. The molecule has 1 saturated heterocycles. The average Bonchev–Trinajstić information content (AvgIpc) is 2.70. The van der Waals surface area contributed by atoms with E-state index in [9.17, 15) is 8.78 Å². The fraction of sp³-hybridized carbons (Fsp3) is 0.455. The van der Waals surface area contributed by atoms with Gasteiger partial charge in [-0.3, -0.25) is 4.40 Å². The van der Waals surface area contributed by atoms with Crippen LogP contribution in [0.15, 0.2) is 17.0 Å². The smallest absolute Gasteiger partial charge is 0.280 e. The first-order valence-electron chi connectivity index (χ1n) is 5.66. The summed E-state index contributed by atoms with van der Waals surface area (Å²) in [7, 11) is 0. The molecule has 3 heterocycles. The van der Waals surface area contributed by atoms with E-state index >= 15 is 0 Å². The molecule has 2 aromatic rings. The Morgan fingerprint density at radius 2 is 2.28 bits per heavy atom. The highest BCUT2D eigenvalue weighted by Crippen LogP contribution is 2.31. The van der Waals surface area contributed by atoms with Gasteiger partial charge in [0.2, 0.25) is 0 Å². The minimum atomic E-state index is -2.55. The maximum absolute atomic E-state index is 12.9. The lowest BCUT2D eigenvalue weighted by molar-refractivity contribution is 0.145. The summed E-state index contributed by atoms with van der Waals surface area (Å²) in [4.78, 5) is 10.5. The lowest BCUT2D eigenvalue weighted by atomic mass is 10.1. The maximum Gasteiger partial charge on any atom is 0.280 e. The third kappa shape index (κ3) is 1.68. The largest absolute Gasteiger partial charge is 0.351 e. The van der Waals surface area contributed by atoms with E-state index in [1.165, 1.54) is 16.8 Å². The molecule has 96 valence electrons. The van der Waals surface area contributed by atoms with Crippen molar-refractivity contribution in [3.63, 3.8) is 0 Å². The number of fused-ring (bicyclic) bond motifs is 1. The van der Waals surface area contributed by atoms with Gasteiger partial charge >= 0.3 is 0 Å². The molecule has 0 aromatic carbocycles. The van der Waals surface area contributed by atoms with Gasteiger partial charge < -0.3 is 4.90 Å². The lowest BCUT2D eigenvalue weighted by Gasteiger charge is -2.39. The number of nitrogens with zero attached hydrogens (tertiary/aromatic N) is 4. The summed E-state index contributed by atoms with van der Waals surface area (Å²) in [5, 5.41) is 0. The zero-order chi connectivity index (χ0) is 12.9. The van der Waals surface area contributed by atoms with Crippen molar-refractivity contribution >= 4 is 27.4 Å². The van der Waals surface area contributed by atoms with Crippen LogP contribution in [0.2, 0.25) is 0 Å². The highest BCUT2D eigenvalue weighted by molar-refractivity contribution is 9.10. The number of hydrogen-bond donors (Lipinski definition) is 0. The molecule has 0 radical (unpaired) electrons. The van der Waals surface area contributed by atoms with Crippen molar-refractivity contribution < 1.29 is 8.78 Å². The van der Waals surface area contributed by atoms with Crippen LogP contribution in [-0.2, 0) is 0 Å². The molecule has 4 nitrogen and oxygen atoms in total. The zero-order valence-electron chi connectivity index (χ0n) is 9.65. The van der Waals surface area contributed by atoms with Crippen LogP contribution >= 0.6 is 15.9 Å².